The molecule has 0 radical (unpaired) electrons. The molecule has 0 bridgehead atoms. The van der Waals surface area contributed by atoms with Gasteiger partial charge in [0.05, 0.1) is 11.1 Å². The molecule has 0 saturated carbocycles. The molecule has 0 spiro atoms. The van der Waals surface area contributed by atoms with Crippen LogP contribution in [0, 0.1) is 5.92 Å². The molecular formula is C24H30N4O2. The van der Waals surface area contributed by atoms with Crippen molar-refractivity contribution in [1.82, 2.24) is 14.5 Å². The Hall–Kier alpha value is -2.86. The van der Waals surface area contributed by atoms with Crippen molar-refractivity contribution in [2.45, 2.75) is 32.6 Å². The number of nitrogens with zero attached hydrogens (tertiary/aromatic N) is 2. The summed E-state index contributed by atoms with van der Waals surface area (Å²) >= 11 is 0. The first-order chi connectivity index (χ1) is 14.2. The Morgan fingerprint density at radius 2 is 2.07 bits per heavy atom. The average Bonchev–Trinajstić information content (AvgIpc) is 3.31. The summed E-state index contributed by atoms with van der Waals surface area (Å²) < 4.78 is 2.04. The van der Waals surface area contributed by atoms with Crippen molar-refractivity contribution < 1.29 is 4.79 Å². The van der Waals surface area contributed by atoms with Gasteiger partial charge < -0.3 is 20.2 Å². The van der Waals surface area contributed by atoms with E-state index in [2.05, 4.69) is 31.8 Å². The van der Waals surface area contributed by atoms with Crippen molar-refractivity contribution in [2.75, 3.05) is 19.6 Å². The highest BCUT2D eigenvalue weighted by Crippen LogP contribution is 2.36. The van der Waals surface area contributed by atoms with E-state index in [9.17, 15) is 9.59 Å². The molecule has 1 fully saturated rings. The molecule has 3 N–H and O–H groups in total. The van der Waals surface area contributed by atoms with Gasteiger partial charge in [-0.15, -0.1) is 0 Å². The van der Waals surface area contributed by atoms with Crippen LogP contribution >= 0.6 is 0 Å². The lowest BCUT2D eigenvalue weighted by atomic mass is 9.83. The van der Waals surface area contributed by atoms with Crippen LogP contribution in [0.4, 0.5) is 0 Å². The fourth-order valence-electron chi connectivity index (χ4n) is 4.47. The molecule has 2 aromatic heterocycles. The van der Waals surface area contributed by atoms with Gasteiger partial charge in [0.25, 0.3) is 11.5 Å². The summed E-state index contributed by atoms with van der Waals surface area (Å²) in [6, 6.07) is 7.72. The smallest absolute Gasteiger partial charge is 0.256 e. The molecule has 1 atom stereocenters. The molecule has 158 valence electrons. The zero-order valence-electron chi connectivity index (χ0n) is 18.2. The van der Waals surface area contributed by atoms with Gasteiger partial charge in [-0.05, 0) is 59.7 Å². The van der Waals surface area contributed by atoms with E-state index < -0.39 is 0 Å². The highest BCUT2D eigenvalue weighted by atomic mass is 16.2. The minimum absolute atomic E-state index is 0.0375. The first kappa shape index (κ1) is 20.4. The highest BCUT2D eigenvalue weighted by molar-refractivity contribution is 6.09. The van der Waals surface area contributed by atoms with Crippen molar-refractivity contribution in [2.24, 2.45) is 18.7 Å². The molecule has 3 heterocycles. The van der Waals surface area contributed by atoms with Crippen LogP contribution in [0.1, 0.15) is 43.1 Å². The molecule has 3 aromatic rings. The Morgan fingerprint density at radius 3 is 2.70 bits per heavy atom. The number of aromatic amines is 1. The van der Waals surface area contributed by atoms with Gasteiger partial charge in [0.1, 0.15) is 0 Å². The maximum absolute atomic E-state index is 13.4. The molecule has 1 aromatic carbocycles. The van der Waals surface area contributed by atoms with E-state index in [4.69, 9.17) is 5.73 Å². The van der Waals surface area contributed by atoms with Gasteiger partial charge in [0, 0.05) is 43.5 Å². The maximum Gasteiger partial charge on any atom is 0.256 e. The van der Waals surface area contributed by atoms with E-state index in [1.165, 1.54) is 0 Å². The van der Waals surface area contributed by atoms with Gasteiger partial charge in [-0.1, -0.05) is 20.8 Å². The lowest BCUT2D eigenvalue weighted by molar-refractivity contribution is 0.0789. The molecule has 0 unspecified atom stereocenters. The summed E-state index contributed by atoms with van der Waals surface area (Å²) in [5.74, 6) is 0.406. The second kappa shape index (κ2) is 7.43. The summed E-state index contributed by atoms with van der Waals surface area (Å²) in [5, 5.41) is 0.893. The SMILES string of the molecule is Cn1cc(C(=O)N2CC[C@H](CN)C2)c2cc(-c3ccc[nH]c3=O)cc(C(C)(C)C)c21. The van der Waals surface area contributed by atoms with Crippen LogP contribution in [-0.2, 0) is 12.5 Å². The fraction of sp³-hybridized carbons (Fsp3) is 0.417. The van der Waals surface area contributed by atoms with Crippen molar-refractivity contribution >= 4 is 16.8 Å². The van der Waals surface area contributed by atoms with Crippen molar-refractivity contribution in [3.63, 3.8) is 0 Å². The third kappa shape index (κ3) is 3.45. The van der Waals surface area contributed by atoms with Gasteiger partial charge >= 0.3 is 0 Å². The largest absolute Gasteiger partial charge is 0.349 e. The number of aromatic nitrogens is 2. The molecule has 30 heavy (non-hydrogen) atoms. The van der Waals surface area contributed by atoms with Crippen LogP contribution in [0.25, 0.3) is 22.0 Å². The number of aryl methyl sites for hydroxylation is 1. The van der Waals surface area contributed by atoms with Gasteiger partial charge in [0.2, 0.25) is 0 Å². The quantitative estimate of drug-likeness (QED) is 0.700. The highest BCUT2D eigenvalue weighted by Gasteiger charge is 2.30. The van der Waals surface area contributed by atoms with Gasteiger partial charge in [-0.3, -0.25) is 9.59 Å². The van der Waals surface area contributed by atoms with E-state index in [0.29, 0.717) is 30.1 Å². The zero-order valence-corrected chi connectivity index (χ0v) is 18.2. The minimum Gasteiger partial charge on any atom is -0.349 e. The van der Waals surface area contributed by atoms with Crippen LogP contribution < -0.4 is 11.3 Å². The molecule has 4 rings (SSSR count). The number of nitrogens with one attached hydrogen (secondary N) is 1. The van der Waals surface area contributed by atoms with Crippen LogP contribution in [0.2, 0.25) is 0 Å². The molecular weight excluding hydrogens is 376 g/mol. The first-order valence-corrected chi connectivity index (χ1v) is 10.5. The van der Waals surface area contributed by atoms with E-state index in [-0.39, 0.29) is 16.9 Å². The van der Waals surface area contributed by atoms with Gasteiger partial charge in [-0.25, -0.2) is 0 Å². The molecule has 1 saturated heterocycles. The summed E-state index contributed by atoms with van der Waals surface area (Å²) in [7, 11) is 1.98. The van der Waals surface area contributed by atoms with Crippen molar-refractivity contribution in [3.05, 3.63) is 58.1 Å². The Balaban J connectivity index is 1.93. The lowest BCUT2D eigenvalue weighted by Crippen LogP contribution is -2.29. The molecule has 6 nitrogen and oxygen atoms in total. The van der Waals surface area contributed by atoms with E-state index in [1.54, 1.807) is 6.20 Å². The molecule has 6 heteroatoms. The van der Waals surface area contributed by atoms with Crippen LogP contribution in [0.5, 0.6) is 0 Å². The summed E-state index contributed by atoms with van der Waals surface area (Å²) in [6.45, 7) is 8.51. The van der Waals surface area contributed by atoms with Gasteiger partial charge in [-0.2, -0.15) is 0 Å². The standard InChI is InChI=1S/C24H30N4O2/c1-24(2,3)20-11-16(17-6-5-8-26-22(17)29)10-18-19(14-27(4)21(18)20)23(30)28-9-7-15(12-25)13-28/h5-6,8,10-11,14-15H,7,9,12-13,25H2,1-4H3,(H,26,29)/t15-/m1/s1. The number of hydrogen-bond acceptors (Lipinski definition) is 3. The summed E-state index contributed by atoms with van der Waals surface area (Å²) in [4.78, 5) is 30.5. The number of amides is 1. The third-order valence-electron chi connectivity index (χ3n) is 6.15. The number of nitrogens with two attached hydrogens (primary N) is 1. The molecule has 1 amide bonds. The molecule has 1 aliphatic rings. The number of benzene rings is 1. The maximum atomic E-state index is 13.4. The number of carbonyl (C=O) groups is 1. The summed E-state index contributed by atoms with van der Waals surface area (Å²) in [6.07, 6.45) is 4.51. The Bertz CT molecular complexity index is 1170. The topological polar surface area (TPSA) is 84.1 Å². The first-order valence-electron chi connectivity index (χ1n) is 10.5. The van der Waals surface area contributed by atoms with Crippen LogP contribution in [0.3, 0.4) is 0 Å². The number of pyridine rings is 1. The number of fused-ring (bicyclic) bond motifs is 1. The van der Waals surface area contributed by atoms with Crippen LogP contribution in [0.15, 0.2) is 41.5 Å². The zero-order chi connectivity index (χ0) is 21.6. The second-order valence-corrected chi connectivity index (χ2v) is 9.38. The normalized spacial score (nSPS) is 17.1. The monoisotopic (exact) mass is 406 g/mol. The number of rotatable bonds is 3. The van der Waals surface area contributed by atoms with Crippen LogP contribution in [-0.4, -0.2) is 40.0 Å². The Labute approximate surface area is 176 Å². The third-order valence-corrected chi connectivity index (χ3v) is 6.15. The number of hydrogen-bond donors (Lipinski definition) is 2. The van der Waals surface area contributed by atoms with E-state index >= 15 is 0 Å². The van der Waals surface area contributed by atoms with Gasteiger partial charge in [0.15, 0.2) is 0 Å². The lowest BCUT2D eigenvalue weighted by Gasteiger charge is -2.22. The van der Waals surface area contributed by atoms with E-state index in [0.717, 1.165) is 35.0 Å². The molecule has 0 aliphatic carbocycles. The Morgan fingerprint density at radius 1 is 1.30 bits per heavy atom. The molecule has 1 aliphatic heterocycles. The van der Waals surface area contributed by atoms with E-state index in [1.807, 2.05) is 40.9 Å². The Kier molecular flexibility index (Phi) is 5.06. The van der Waals surface area contributed by atoms with Crippen molar-refractivity contribution in [1.29, 1.82) is 0 Å². The number of carbonyl (C=O) groups excluding carboxylic acids is 1. The predicted molar refractivity (Wildman–Crippen MR) is 121 cm³/mol. The average molecular weight is 407 g/mol. The second-order valence-electron chi connectivity index (χ2n) is 9.38. The number of H-pyrrole nitrogens is 1. The number of likely N-dealkylation sites (tertiary alicyclic amines) is 1. The van der Waals surface area contributed by atoms with Crippen molar-refractivity contribution in [3.8, 4) is 11.1 Å². The summed E-state index contributed by atoms with van der Waals surface area (Å²) in [5.41, 5.74) is 9.81. The predicted octanol–water partition coefficient (Wildman–Crippen LogP) is 3.25. The minimum atomic E-state index is -0.152. The fourth-order valence-corrected chi connectivity index (χ4v) is 4.47.